The zero-order valence-electron chi connectivity index (χ0n) is 23.7. The number of carbonyl (C=O) groups is 3. The first-order valence-electron chi connectivity index (χ1n) is 14.5. The van der Waals surface area contributed by atoms with Crippen molar-refractivity contribution in [3.63, 3.8) is 0 Å². The van der Waals surface area contributed by atoms with Gasteiger partial charge in [0, 0.05) is 18.4 Å². The Bertz CT molecular complexity index is 792. The minimum atomic E-state index is -0.923. The molecule has 8 nitrogen and oxygen atoms in total. The first kappa shape index (κ1) is 33.3. The summed E-state index contributed by atoms with van der Waals surface area (Å²) in [6, 6.07) is 4.83. The third kappa shape index (κ3) is 16.2. The maximum absolute atomic E-state index is 12.2. The highest BCUT2D eigenvalue weighted by Crippen LogP contribution is 2.32. The fraction of sp³-hybridized carbons (Fsp3) is 0.700. The Morgan fingerprint density at radius 3 is 1.71 bits per heavy atom. The van der Waals surface area contributed by atoms with Crippen LogP contribution in [0.5, 0.6) is 11.5 Å². The number of rotatable bonds is 21. The molecule has 8 heteroatoms. The van der Waals surface area contributed by atoms with Gasteiger partial charge in [0.15, 0.2) is 11.5 Å². The molecule has 1 rings (SSSR count). The van der Waals surface area contributed by atoms with Crippen molar-refractivity contribution in [3.8, 4) is 11.5 Å². The van der Waals surface area contributed by atoms with Crippen molar-refractivity contribution in [2.75, 3.05) is 19.8 Å². The average molecular weight is 537 g/mol. The Balaban J connectivity index is 2.31. The Labute approximate surface area is 228 Å². The summed E-state index contributed by atoms with van der Waals surface area (Å²) in [5.41, 5.74) is 0.536. The van der Waals surface area contributed by atoms with Crippen LogP contribution in [0, 0.1) is 0 Å². The number of hydrogen-bond acceptors (Lipinski definition) is 8. The fourth-order valence-corrected chi connectivity index (χ4v) is 4.06. The molecule has 0 aliphatic rings. The van der Waals surface area contributed by atoms with Crippen molar-refractivity contribution >= 4 is 18.3 Å². The fourth-order valence-electron chi connectivity index (χ4n) is 4.06. The van der Waals surface area contributed by atoms with E-state index in [0.29, 0.717) is 12.0 Å². The van der Waals surface area contributed by atoms with E-state index in [1.165, 1.54) is 70.3 Å². The Hall–Kier alpha value is -2.77. The minimum absolute atomic E-state index is 0.0207. The van der Waals surface area contributed by atoms with E-state index in [1.54, 1.807) is 26.0 Å². The molecular weight excluding hydrogens is 488 g/mol. The summed E-state index contributed by atoms with van der Waals surface area (Å²) in [6.07, 6.45) is 15.1. The predicted molar refractivity (Wildman–Crippen MR) is 147 cm³/mol. The van der Waals surface area contributed by atoms with Crippen molar-refractivity contribution < 1.29 is 38.1 Å². The molecule has 0 aliphatic heterocycles. The summed E-state index contributed by atoms with van der Waals surface area (Å²) in [6.45, 7) is 5.94. The third-order valence-electron chi connectivity index (χ3n) is 6.08. The Kier molecular flexibility index (Phi) is 19.5. The number of esters is 1. The molecule has 216 valence electrons. The standard InChI is InChI=1S/C30H48O8/c1-4-7-8-9-10-11-12-13-14-15-16-17-18-22-27(31)36-24-23-25-20-19-21-26(37-29(32)34-5-2)28(25)38-30(33)35-6-3/h19-21H,4-18,22-24H2,1-3H3. The van der Waals surface area contributed by atoms with E-state index in [4.69, 9.17) is 23.7 Å². The van der Waals surface area contributed by atoms with Crippen LogP contribution in [0.1, 0.15) is 116 Å². The SMILES string of the molecule is CCCCCCCCCCCCCCCC(=O)OCCc1cccc(OC(=O)OCC)c1OC(=O)OCC. The van der Waals surface area contributed by atoms with Crippen LogP contribution in [0.3, 0.4) is 0 Å². The van der Waals surface area contributed by atoms with Crippen LogP contribution in [-0.4, -0.2) is 38.1 Å². The van der Waals surface area contributed by atoms with Gasteiger partial charge in [0.2, 0.25) is 0 Å². The largest absolute Gasteiger partial charge is 0.513 e. The average Bonchev–Trinajstić information content (AvgIpc) is 2.88. The monoisotopic (exact) mass is 536 g/mol. The second-order valence-electron chi connectivity index (χ2n) is 9.28. The van der Waals surface area contributed by atoms with Gasteiger partial charge in [-0.05, 0) is 26.3 Å². The topological polar surface area (TPSA) is 97.4 Å². The molecule has 0 atom stereocenters. The van der Waals surface area contributed by atoms with Crippen LogP contribution in [0.15, 0.2) is 18.2 Å². The van der Waals surface area contributed by atoms with Gasteiger partial charge in [-0.2, -0.15) is 0 Å². The molecule has 0 aromatic heterocycles. The molecule has 0 saturated heterocycles. The molecule has 0 spiro atoms. The molecule has 1 aromatic rings. The second kappa shape index (κ2) is 22.2. The summed E-state index contributed by atoms with van der Waals surface area (Å²) < 4.78 is 25.5. The summed E-state index contributed by atoms with van der Waals surface area (Å²) in [5.74, 6) is -0.196. The van der Waals surface area contributed by atoms with Gasteiger partial charge in [-0.15, -0.1) is 0 Å². The summed E-state index contributed by atoms with van der Waals surface area (Å²) >= 11 is 0. The molecule has 0 saturated carbocycles. The van der Waals surface area contributed by atoms with Gasteiger partial charge >= 0.3 is 18.3 Å². The molecule has 0 radical (unpaired) electrons. The van der Waals surface area contributed by atoms with Crippen LogP contribution >= 0.6 is 0 Å². The third-order valence-corrected chi connectivity index (χ3v) is 6.08. The first-order chi connectivity index (χ1) is 18.5. The van der Waals surface area contributed by atoms with Crippen molar-refractivity contribution in [1.82, 2.24) is 0 Å². The molecule has 0 N–H and O–H groups in total. The molecule has 0 bridgehead atoms. The van der Waals surface area contributed by atoms with E-state index < -0.39 is 12.3 Å². The van der Waals surface area contributed by atoms with Gasteiger partial charge in [0.25, 0.3) is 0 Å². The lowest BCUT2D eigenvalue weighted by molar-refractivity contribution is -0.143. The van der Waals surface area contributed by atoms with Gasteiger partial charge < -0.3 is 23.7 Å². The van der Waals surface area contributed by atoms with Crippen LogP contribution < -0.4 is 9.47 Å². The van der Waals surface area contributed by atoms with Gasteiger partial charge in [0.05, 0.1) is 19.8 Å². The summed E-state index contributed by atoms with van der Waals surface area (Å²) in [5, 5.41) is 0. The molecule has 1 aromatic carbocycles. The van der Waals surface area contributed by atoms with E-state index in [-0.39, 0.29) is 43.7 Å². The lowest BCUT2D eigenvalue weighted by atomic mass is 10.0. The Morgan fingerprint density at radius 2 is 1.16 bits per heavy atom. The predicted octanol–water partition coefficient (Wildman–Crippen LogP) is 8.32. The van der Waals surface area contributed by atoms with E-state index in [9.17, 15) is 14.4 Å². The van der Waals surface area contributed by atoms with E-state index >= 15 is 0 Å². The van der Waals surface area contributed by atoms with Crippen LogP contribution in [-0.2, 0) is 25.4 Å². The highest BCUT2D eigenvalue weighted by atomic mass is 16.7. The maximum Gasteiger partial charge on any atom is 0.513 e. The maximum atomic E-state index is 12.2. The zero-order chi connectivity index (χ0) is 27.8. The molecular formula is C30H48O8. The Morgan fingerprint density at radius 1 is 0.632 bits per heavy atom. The molecule has 0 heterocycles. The number of hydrogen-bond donors (Lipinski definition) is 0. The lowest BCUT2D eigenvalue weighted by Crippen LogP contribution is -2.16. The van der Waals surface area contributed by atoms with E-state index in [0.717, 1.165) is 19.3 Å². The van der Waals surface area contributed by atoms with Crippen molar-refractivity contribution in [2.45, 2.75) is 117 Å². The summed E-state index contributed by atoms with van der Waals surface area (Å²) in [7, 11) is 0. The number of para-hydroxylation sites is 1. The summed E-state index contributed by atoms with van der Waals surface area (Å²) in [4.78, 5) is 35.8. The van der Waals surface area contributed by atoms with E-state index in [2.05, 4.69) is 6.92 Å². The second-order valence-corrected chi connectivity index (χ2v) is 9.28. The highest BCUT2D eigenvalue weighted by molar-refractivity contribution is 5.70. The van der Waals surface area contributed by atoms with Gasteiger partial charge in [-0.1, -0.05) is 96.1 Å². The molecule has 0 fully saturated rings. The first-order valence-corrected chi connectivity index (χ1v) is 14.5. The number of carbonyl (C=O) groups excluding carboxylic acids is 3. The normalized spacial score (nSPS) is 10.6. The minimum Gasteiger partial charge on any atom is -0.465 e. The van der Waals surface area contributed by atoms with E-state index in [1.807, 2.05) is 0 Å². The quantitative estimate of drug-likeness (QED) is 0.0669. The van der Waals surface area contributed by atoms with Crippen LogP contribution in [0.25, 0.3) is 0 Å². The van der Waals surface area contributed by atoms with Gasteiger partial charge in [0.1, 0.15) is 0 Å². The highest BCUT2D eigenvalue weighted by Gasteiger charge is 2.19. The smallest absolute Gasteiger partial charge is 0.465 e. The van der Waals surface area contributed by atoms with Crippen LogP contribution in [0.4, 0.5) is 9.59 Å². The van der Waals surface area contributed by atoms with Crippen molar-refractivity contribution in [3.05, 3.63) is 23.8 Å². The number of unbranched alkanes of at least 4 members (excludes halogenated alkanes) is 12. The zero-order valence-corrected chi connectivity index (χ0v) is 23.7. The lowest BCUT2D eigenvalue weighted by Gasteiger charge is -2.14. The molecule has 0 amide bonds. The number of benzene rings is 1. The molecule has 38 heavy (non-hydrogen) atoms. The molecule has 0 aliphatic carbocycles. The van der Waals surface area contributed by atoms with Gasteiger partial charge in [-0.3, -0.25) is 4.79 Å². The van der Waals surface area contributed by atoms with Crippen molar-refractivity contribution in [2.24, 2.45) is 0 Å². The van der Waals surface area contributed by atoms with Crippen molar-refractivity contribution in [1.29, 1.82) is 0 Å². The van der Waals surface area contributed by atoms with Crippen LogP contribution in [0.2, 0.25) is 0 Å². The van der Waals surface area contributed by atoms with Gasteiger partial charge in [-0.25, -0.2) is 9.59 Å². The molecule has 0 unspecified atom stereocenters. The number of ether oxygens (including phenoxy) is 5.